The predicted octanol–water partition coefficient (Wildman–Crippen LogP) is 4.80. The van der Waals surface area contributed by atoms with Gasteiger partial charge in [-0.15, -0.1) is 0 Å². The molecule has 0 aromatic carbocycles. The first-order valence-electron chi connectivity index (χ1n) is 10.9. The average molecular weight is 395 g/mol. The minimum Gasteiger partial charge on any atom is -0.459 e. The van der Waals surface area contributed by atoms with Gasteiger partial charge >= 0.3 is 11.9 Å². The van der Waals surface area contributed by atoms with E-state index in [-0.39, 0.29) is 17.5 Å². The number of esters is 2. The van der Waals surface area contributed by atoms with Crippen molar-refractivity contribution in [2.45, 2.75) is 116 Å². The second-order valence-electron chi connectivity index (χ2n) is 11.2. The molecule has 4 aliphatic rings. The summed E-state index contributed by atoms with van der Waals surface area (Å²) >= 11 is 0. The number of carbonyl (C=O) groups is 2. The zero-order valence-electron chi connectivity index (χ0n) is 18.7. The number of carbonyl (C=O) groups excluding carboxylic acids is 2. The predicted molar refractivity (Wildman–Crippen MR) is 107 cm³/mol. The smallest absolute Gasteiger partial charge is 0.335 e. The van der Waals surface area contributed by atoms with Gasteiger partial charge in [0.15, 0.2) is 6.10 Å². The molecule has 0 saturated heterocycles. The normalized spacial score (nSPS) is 35.5. The summed E-state index contributed by atoms with van der Waals surface area (Å²) in [5, 5.41) is 0. The highest BCUT2D eigenvalue weighted by atomic mass is 16.6. The standard InChI is InChI=1S/C23H38O5/c1-8-21(6,7)19(25)28-23-12-16-9-17(13-23)11-22(10-16,14-23)26-15(2)18(24)27-20(3,4)5/h15-17H,8-14H2,1-7H3. The van der Waals surface area contributed by atoms with E-state index in [2.05, 4.69) is 0 Å². The monoisotopic (exact) mass is 394 g/mol. The molecule has 4 rings (SSSR count). The van der Waals surface area contributed by atoms with Gasteiger partial charge in [-0.25, -0.2) is 4.79 Å². The second kappa shape index (κ2) is 7.00. The number of hydrogen-bond acceptors (Lipinski definition) is 5. The quantitative estimate of drug-likeness (QED) is 0.605. The molecule has 4 aliphatic carbocycles. The lowest BCUT2D eigenvalue weighted by atomic mass is 9.52. The van der Waals surface area contributed by atoms with E-state index in [1.807, 2.05) is 41.5 Å². The van der Waals surface area contributed by atoms with E-state index in [1.165, 1.54) is 6.42 Å². The van der Waals surface area contributed by atoms with Gasteiger partial charge in [0, 0.05) is 6.42 Å². The third kappa shape index (κ3) is 4.39. The lowest BCUT2D eigenvalue weighted by Crippen LogP contribution is -2.62. The molecule has 4 saturated carbocycles. The van der Waals surface area contributed by atoms with Crippen molar-refractivity contribution >= 4 is 11.9 Å². The van der Waals surface area contributed by atoms with Crippen LogP contribution in [-0.4, -0.2) is 34.8 Å². The highest BCUT2D eigenvalue weighted by molar-refractivity contribution is 5.76. The molecule has 0 amide bonds. The van der Waals surface area contributed by atoms with Crippen LogP contribution < -0.4 is 0 Å². The van der Waals surface area contributed by atoms with Gasteiger partial charge in [0.05, 0.1) is 11.0 Å². The van der Waals surface area contributed by atoms with Crippen LogP contribution in [0.2, 0.25) is 0 Å². The summed E-state index contributed by atoms with van der Waals surface area (Å²) in [5.41, 5.74) is -1.81. The minimum absolute atomic E-state index is 0.104. The van der Waals surface area contributed by atoms with Crippen molar-refractivity contribution < 1.29 is 23.8 Å². The molecule has 160 valence electrons. The molecule has 28 heavy (non-hydrogen) atoms. The molecule has 3 atom stereocenters. The zero-order valence-corrected chi connectivity index (χ0v) is 18.7. The summed E-state index contributed by atoms with van der Waals surface area (Å²) in [5.74, 6) is 0.586. The summed E-state index contributed by atoms with van der Waals surface area (Å²) in [7, 11) is 0. The van der Waals surface area contributed by atoms with Crippen LogP contribution in [0.3, 0.4) is 0 Å². The molecule has 4 fully saturated rings. The molecule has 0 radical (unpaired) electrons. The Balaban J connectivity index is 1.75. The highest BCUT2D eigenvalue weighted by Gasteiger charge is 2.61. The van der Waals surface area contributed by atoms with Gasteiger partial charge in [-0.3, -0.25) is 4.79 Å². The first-order chi connectivity index (χ1) is 12.8. The van der Waals surface area contributed by atoms with E-state index in [0.29, 0.717) is 18.3 Å². The Morgan fingerprint density at radius 2 is 1.54 bits per heavy atom. The number of hydrogen-bond donors (Lipinski definition) is 0. The van der Waals surface area contributed by atoms with Crippen molar-refractivity contribution in [3.63, 3.8) is 0 Å². The molecule has 5 heteroatoms. The third-order valence-electron chi connectivity index (χ3n) is 6.86. The first kappa shape index (κ1) is 21.6. The van der Waals surface area contributed by atoms with Gasteiger partial charge in [-0.2, -0.15) is 0 Å². The van der Waals surface area contributed by atoms with Crippen LogP contribution in [0, 0.1) is 17.3 Å². The van der Waals surface area contributed by atoms with Gasteiger partial charge in [-0.1, -0.05) is 6.92 Å². The van der Waals surface area contributed by atoms with Crippen LogP contribution in [0.5, 0.6) is 0 Å². The van der Waals surface area contributed by atoms with Gasteiger partial charge in [0.25, 0.3) is 0 Å². The van der Waals surface area contributed by atoms with Crippen LogP contribution in [0.15, 0.2) is 0 Å². The number of ether oxygens (including phenoxy) is 3. The topological polar surface area (TPSA) is 61.8 Å². The maximum atomic E-state index is 12.8. The van der Waals surface area contributed by atoms with Crippen LogP contribution in [0.25, 0.3) is 0 Å². The van der Waals surface area contributed by atoms with E-state index in [9.17, 15) is 9.59 Å². The Morgan fingerprint density at radius 3 is 2.04 bits per heavy atom. The van der Waals surface area contributed by atoms with Crippen molar-refractivity contribution in [1.29, 1.82) is 0 Å². The average Bonchev–Trinajstić information content (AvgIpc) is 2.50. The van der Waals surface area contributed by atoms with Crippen LogP contribution >= 0.6 is 0 Å². The Hall–Kier alpha value is -1.10. The molecular formula is C23H38O5. The molecule has 4 bridgehead atoms. The zero-order chi connectivity index (χ0) is 21.0. The molecule has 0 heterocycles. The SMILES string of the molecule is CCC(C)(C)C(=O)OC12CC3CC(C1)CC(OC(C)C(=O)OC(C)(C)C)(C3)C2. The molecule has 5 nitrogen and oxygen atoms in total. The number of rotatable bonds is 6. The summed E-state index contributed by atoms with van der Waals surface area (Å²) < 4.78 is 18.1. The van der Waals surface area contributed by atoms with Gasteiger partial charge in [-0.05, 0) is 91.9 Å². The fourth-order valence-corrected chi connectivity index (χ4v) is 5.64. The van der Waals surface area contributed by atoms with Gasteiger partial charge < -0.3 is 14.2 Å². The Bertz CT molecular complexity index is 615. The largest absolute Gasteiger partial charge is 0.459 e. The molecule has 0 aliphatic heterocycles. The van der Waals surface area contributed by atoms with Crippen LogP contribution in [0.4, 0.5) is 0 Å². The van der Waals surface area contributed by atoms with Crippen molar-refractivity contribution in [2.75, 3.05) is 0 Å². The van der Waals surface area contributed by atoms with E-state index < -0.39 is 22.7 Å². The maximum Gasteiger partial charge on any atom is 0.335 e. The fourth-order valence-electron chi connectivity index (χ4n) is 5.64. The molecule has 0 aromatic heterocycles. The first-order valence-corrected chi connectivity index (χ1v) is 10.9. The Kier molecular flexibility index (Phi) is 5.40. The molecule has 3 unspecified atom stereocenters. The molecular weight excluding hydrogens is 356 g/mol. The minimum atomic E-state index is -0.615. The van der Waals surface area contributed by atoms with E-state index >= 15 is 0 Å². The summed E-state index contributed by atoms with van der Waals surface area (Å²) in [4.78, 5) is 25.3. The lowest BCUT2D eigenvalue weighted by Gasteiger charge is -2.61. The molecule has 0 spiro atoms. The third-order valence-corrected chi connectivity index (χ3v) is 6.86. The Morgan fingerprint density at radius 1 is 1.00 bits per heavy atom. The summed E-state index contributed by atoms with van der Waals surface area (Å²) in [6.07, 6.45) is 5.79. The van der Waals surface area contributed by atoms with Crippen molar-refractivity contribution in [1.82, 2.24) is 0 Å². The van der Waals surface area contributed by atoms with Gasteiger partial charge in [0.1, 0.15) is 11.2 Å². The fraction of sp³-hybridized carbons (Fsp3) is 0.913. The van der Waals surface area contributed by atoms with E-state index in [4.69, 9.17) is 14.2 Å². The van der Waals surface area contributed by atoms with Gasteiger partial charge in [0.2, 0.25) is 0 Å². The van der Waals surface area contributed by atoms with Crippen molar-refractivity contribution in [3.8, 4) is 0 Å². The van der Waals surface area contributed by atoms with Crippen LogP contribution in [0.1, 0.15) is 93.4 Å². The summed E-state index contributed by atoms with van der Waals surface area (Å²) in [6.45, 7) is 13.3. The maximum absolute atomic E-state index is 12.8. The van der Waals surface area contributed by atoms with Crippen molar-refractivity contribution in [2.24, 2.45) is 17.3 Å². The van der Waals surface area contributed by atoms with E-state index in [1.54, 1.807) is 6.92 Å². The second-order valence-corrected chi connectivity index (χ2v) is 11.2. The molecule has 0 aromatic rings. The lowest BCUT2D eigenvalue weighted by molar-refractivity contribution is -0.250. The van der Waals surface area contributed by atoms with Crippen molar-refractivity contribution in [3.05, 3.63) is 0 Å². The summed E-state index contributed by atoms with van der Waals surface area (Å²) in [6, 6.07) is 0. The van der Waals surface area contributed by atoms with E-state index in [0.717, 1.165) is 32.1 Å². The molecule has 0 N–H and O–H groups in total. The Labute approximate surface area is 169 Å². The highest BCUT2D eigenvalue weighted by Crippen LogP contribution is 2.60. The van der Waals surface area contributed by atoms with Crippen LogP contribution in [-0.2, 0) is 23.8 Å².